The van der Waals surface area contributed by atoms with E-state index in [-0.39, 0.29) is 44.9 Å². The lowest BCUT2D eigenvalue weighted by atomic mass is 10.1. The zero-order valence-electron chi connectivity index (χ0n) is 19.6. The summed E-state index contributed by atoms with van der Waals surface area (Å²) in [6.45, 7) is 3.58. The number of aromatic nitrogens is 2. The zero-order valence-corrected chi connectivity index (χ0v) is 20.5. The molecule has 3 atom stereocenters. The van der Waals surface area contributed by atoms with Crippen molar-refractivity contribution in [3.63, 3.8) is 0 Å². The van der Waals surface area contributed by atoms with E-state index >= 15 is 4.39 Å². The lowest BCUT2D eigenvalue weighted by Crippen LogP contribution is -2.51. The van der Waals surface area contributed by atoms with Crippen molar-refractivity contribution in [1.82, 2.24) is 14.9 Å². The molecule has 0 bridgehead atoms. The van der Waals surface area contributed by atoms with Crippen LogP contribution in [-0.2, 0) is 17.5 Å². The van der Waals surface area contributed by atoms with Crippen LogP contribution in [0.25, 0.3) is 10.9 Å². The van der Waals surface area contributed by atoms with Crippen LogP contribution < -0.4 is 15.9 Å². The van der Waals surface area contributed by atoms with Gasteiger partial charge < -0.3 is 15.0 Å². The van der Waals surface area contributed by atoms with Crippen LogP contribution in [0.4, 0.5) is 27.8 Å². The number of alkyl halides is 3. The SMILES string of the molecule is COC1Cn2c(=O)nc(N3CCNC[C@@H]3C)c3cc(C(F)(F)F)cc(c32)[SH](c2ccc(F)cc2F)C1. The molecule has 2 aliphatic rings. The van der Waals surface area contributed by atoms with Gasteiger partial charge in [-0.05, 0) is 31.2 Å². The molecule has 0 saturated carbocycles. The Balaban J connectivity index is 1.88. The molecule has 0 amide bonds. The number of halogens is 5. The van der Waals surface area contributed by atoms with Crippen molar-refractivity contribution in [3.8, 4) is 0 Å². The van der Waals surface area contributed by atoms with E-state index in [9.17, 15) is 22.4 Å². The highest BCUT2D eigenvalue weighted by Crippen LogP contribution is 2.52. The van der Waals surface area contributed by atoms with Gasteiger partial charge in [-0.2, -0.15) is 29.1 Å². The van der Waals surface area contributed by atoms with Crippen molar-refractivity contribution in [2.24, 2.45) is 0 Å². The zero-order chi connectivity index (χ0) is 25.8. The Morgan fingerprint density at radius 3 is 2.61 bits per heavy atom. The number of nitrogens with one attached hydrogen (secondary N) is 1. The number of methoxy groups -OCH3 is 1. The van der Waals surface area contributed by atoms with Crippen molar-refractivity contribution >= 4 is 27.6 Å². The molecule has 36 heavy (non-hydrogen) atoms. The first-order valence-electron chi connectivity index (χ1n) is 11.5. The molecule has 2 aliphatic heterocycles. The maximum Gasteiger partial charge on any atom is 0.416 e. The van der Waals surface area contributed by atoms with Crippen LogP contribution in [0.2, 0.25) is 0 Å². The van der Waals surface area contributed by atoms with Gasteiger partial charge in [0.05, 0.1) is 23.7 Å². The van der Waals surface area contributed by atoms with Crippen LogP contribution in [0.1, 0.15) is 12.5 Å². The standard InChI is InChI=1S/C24H25F5N4O2S/c1-13-10-30-5-6-32(13)22-17-7-14(24(27,28)29)8-20-21(17)33(23(34)31-22)11-16(35-2)12-36(20)19-4-3-15(25)9-18(19)26/h3-4,7-9,13,16,30,36H,5-6,10-12H2,1-2H3/t13-,16?/m0/s1. The summed E-state index contributed by atoms with van der Waals surface area (Å²) in [7, 11) is -0.345. The molecular weight excluding hydrogens is 503 g/mol. The van der Waals surface area contributed by atoms with E-state index in [0.29, 0.717) is 19.6 Å². The molecule has 0 radical (unpaired) electrons. The van der Waals surface area contributed by atoms with Crippen LogP contribution in [0.15, 0.2) is 44.9 Å². The largest absolute Gasteiger partial charge is 0.416 e. The molecule has 6 nitrogen and oxygen atoms in total. The minimum Gasteiger partial charge on any atom is -0.379 e. The molecule has 1 N–H and O–H groups in total. The van der Waals surface area contributed by atoms with Gasteiger partial charge in [-0.15, -0.1) is 0 Å². The summed E-state index contributed by atoms with van der Waals surface area (Å²) in [5.74, 6) is -1.29. The second kappa shape index (κ2) is 9.31. The number of anilines is 1. The van der Waals surface area contributed by atoms with Crippen molar-refractivity contribution in [1.29, 1.82) is 0 Å². The molecule has 1 aromatic heterocycles. The molecule has 2 unspecified atom stereocenters. The lowest BCUT2D eigenvalue weighted by molar-refractivity contribution is -0.137. The smallest absolute Gasteiger partial charge is 0.379 e. The highest BCUT2D eigenvalue weighted by molar-refractivity contribution is 8.17. The number of piperazine rings is 1. The molecular formula is C24H25F5N4O2S. The van der Waals surface area contributed by atoms with Gasteiger partial charge in [-0.25, -0.2) is 13.6 Å². The molecule has 3 heterocycles. The molecule has 194 valence electrons. The fourth-order valence-corrected chi connectivity index (χ4v) is 7.63. The van der Waals surface area contributed by atoms with Crippen LogP contribution in [-0.4, -0.2) is 54.2 Å². The first-order chi connectivity index (χ1) is 17.1. The van der Waals surface area contributed by atoms with Gasteiger partial charge in [0, 0.05) is 59.8 Å². The van der Waals surface area contributed by atoms with E-state index in [1.165, 1.54) is 17.7 Å². The number of nitrogens with zero attached hydrogens (tertiary/aromatic N) is 3. The number of ether oxygens (including phenoxy) is 1. The van der Waals surface area contributed by atoms with Crippen LogP contribution >= 0.6 is 10.9 Å². The Morgan fingerprint density at radius 2 is 1.94 bits per heavy atom. The first kappa shape index (κ1) is 25.0. The van der Waals surface area contributed by atoms with Crippen LogP contribution in [0, 0.1) is 11.6 Å². The average Bonchev–Trinajstić information content (AvgIpc) is 2.99. The topological polar surface area (TPSA) is 59.4 Å². The maximum absolute atomic E-state index is 15.0. The summed E-state index contributed by atoms with van der Waals surface area (Å²) in [5.41, 5.74) is -1.23. The fraction of sp³-hybridized carbons (Fsp3) is 0.417. The quantitative estimate of drug-likeness (QED) is 0.399. The van der Waals surface area contributed by atoms with E-state index in [1.807, 2.05) is 11.8 Å². The van der Waals surface area contributed by atoms with E-state index in [2.05, 4.69) is 10.3 Å². The third-order valence-electron chi connectivity index (χ3n) is 6.73. The molecule has 3 aromatic rings. The highest BCUT2D eigenvalue weighted by atomic mass is 32.2. The highest BCUT2D eigenvalue weighted by Gasteiger charge is 2.36. The van der Waals surface area contributed by atoms with E-state index in [4.69, 9.17) is 4.74 Å². The molecule has 12 heteroatoms. The second-order valence-electron chi connectivity index (χ2n) is 9.03. The van der Waals surface area contributed by atoms with Gasteiger partial charge in [-0.1, -0.05) is 0 Å². The number of hydrogen-bond acceptors (Lipinski definition) is 5. The molecule has 1 saturated heterocycles. The number of thiol groups is 1. The number of benzene rings is 2. The van der Waals surface area contributed by atoms with Crippen molar-refractivity contribution in [3.05, 3.63) is 58.0 Å². The monoisotopic (exact) mass is 528 g/mol. The molecule has 5 rings (SSSR count). The minimum atomic E-state index is -4.69. The Kier molecular flexibility index (Phi) is 6.46. The normalized spacial score (nSPS) is 23.6. The molecule has 0 spiro atoms. The molecule has 1 fully saturated rings. The van der Waals surface area contributed by atoms with E-state index < -0.39 is 46.1 Å². The Morgan fingerprint density at radius 1 is 1.17 bits per heavy atom. The molecule has 0 aliphatic carbocycles. The first-order valence-corrected chi connectivity index (χ1v) is 13.0. The van der Waals surface area contributed by atoms with Crippen molar-refractivity contribution in [2.45, 2.75) is 41.6 Å². The van der Waals surface area contributed by atoms with E-state index in [0.717, 1.165) is 24.3 Å². The summed E-state index contributed by atoms with van der Waals surface area (Å²) in [6, 6.07) is 4.98. The molecule has 2 aromatic carbocycles. The second-order valence-corrected chi connectivity index (χ2v) is 11.2. The van der Waals surface area contributed by atoms with Crippen LogP contribution in [0.5, 0.6) is 0 Å². The van der Waals surface area contributed by atoms with Gasteiger partial charge in [-0.3, -0.25) is 4.57 Å². The van der Waals surface area contributed by atoms with Gasteiger partial charge in [0.25, 0.3) is 0 Å². The van der Waals surface area contributed by atoms with Gasteiger partial charge in [0.15, 0.2) is 0 Å². The Bertz CT molecular complexity index is 1380. The van der Waals surface area contributed by atoms with Crippen molar-refractivity contribution < 1.29 is 26.7 Å². The summed E-state index contributed by atoms with van der Waals surface area (Å²) < 4.78 is 78.0. The summed E-state index contributed by atoms with van der Waals surface area (Å²) in [5, 5.41) is 3.40. The lowest BCUT2D eigenvalue weighted by Gasteiger charge is -2.36. The minimum absolute atomic E-state index is 0.0518. The fourth-order valence-electron chi connectivity index (χ4n) is 4.93. The average molecular weight is 529 g/mol. The van der Waals surface area contributed by atoms with Crippen LogP contribution in [0.3, 0.4) is 0 Å². The number of hydrogen-bond donors (Lipinski definition) is 2. The van der Waals surface area contributed by atoms with Gasteiger partial charge in [0.1, 0.15) is 17.5 Å². The summed E-state index contributed by atoms with van der Waals surface area (Å²) in [4.78, 5) is 19.7. The predicted molar refractivity (Wildman–Crippen MR) is 128 cm³/mol. The number of rotatable bonds is 3. The third kappa shape index (κ3) is 4.35. The maximum atomic E-state index is 15.0. The summed E-state index contributed by atoms with van der Waals surface area (Å²) in [6.07, 6.45) is -5.28. The van der Waals surface area contributed by atoms with E-state index in [1.54, 1.807) is 0 Å². The Hall–Kier alpha value is -2.70. The van der Waals surface area contributed by atoms with Gasteiger partial charge in [0.2, 0.25) is 0 Å². The Labute approximate surface area is 206 Å². The van der Waals surface area contributed by atoms with Gasteiger partial charge >= 0.3 is 11.9 Å². The third-order valence-corrected chi connectivity index (χ3v) is 9.37. The van der Waals surface area contributed by atoms with Crippen molar-refractivity contribution in [2.75, 3.05) is 37.4 Å². The summed E-state index contributed by atoms with van der Waals surface area (Å²) >= 11 is 0. The predicted octanol–water partition coefficient (Wildman–Crippen LogP) is 3.94.